The van der Waals surface area contributed by atoms with Crippen molar-refractivity contribution in [1.29, 1.82) is 0 Å². The number of urea groups is 1. The largest absolute Gasteiger partial charge is 0.339 e. The Morgan fingerprint density at radius 2 is 2.08 bits per heavy atom. The van der Waals surface area contributed by atoms with Gasteiger partial charge in [-0.3, -0.25) is 0 Å². The summed E-state index contributed by atoms with van der Waals surface area (Å²) in [4.78, 5) is 19.1. The van der Waals surface area contributed by atoms with E-state index in [2.05, 4.69) is 29.3 Å². The lowest BCUT2D eigenvalue weighted by Gasteiger charge is -2.33. The van der Waals surface area contributed by atoms with E-state index in [-0.39, 0.29) is 11.9 Å². The number of hydrogen-bond acceptors (Lipinski definition) is 4. The number of hydrogen-bond donors (Lipinski definition) is 1. The van der Waals surface area contributed by atoms with Crippen LogP contribution < -0.4 is 5.32 Å². The van der Waals surface area contributed by atoms with Crippen molar-refractivity contribution in [3.05, 3.63) is 11.7 Å². The molecule has 1 N–H and O–H groups in total. The number of rotatable bonds is 4. The number of carbonyl (C=O) groups is 1. The molecular formula is C18H30N4O2. The highest BCUT2D eigenvalue weighted by molar-refractivity contribution is 5.74. The number of carbonyl (C=O) groups excluding carboxylic acids is 1. The lowest BCUT2D eigenvalue weighted by Crippen LogP contribution is -2.48. The molecule has 2 aliphatic rings. The minimum Gasteiger partial charge on any atom is -0.339 e. The molecule has 2 fully saturated rings. The molecule has 2 amide bonds. The standard InChI is InChI=1S/C18H30N4O2/c1-3-13(2)16-20-17(24-21-16)14-8-7-11-22(12-14)18(23)19-15-9-5-4-6-10-15/h13-15H,3-12H2,1-2H3,(H,19,23). The normalized spacial score (nSPS) is 23.9. The van der Waals surface area contributed by atoms with Gasteiger partial charge in [-0.15, -0.1) is 0 Å². The summed E-state index contributed by atoms with van der Waals surface area (Å²) in [7, 11) is 0. The van der Waals surface area contributed by atoms with Gasteiger partial charge in [0, 0.05) is 25.0 Å². The van der Waals surface area contributed by atoms with Crippen LogP contribution in [0.25, 0.3) is 0 Å². The van der Waals surface area contributed by atoms with E-state index in [1.165, 1.54) is 19.3 Å². The van der Waals surface area contributed by atoms with E-state index in [1.807, 2.05) is 4.90 Å². The zero-order valence-electron chi connectivity index (χ0n) is 15.0. The van der Waals surface area contributed by atoms with Crippen molar-refractivity contribution in [1.82, 2.24) is 20.4 Å². The molecule has 2 heterocycles. The first-order chi connectivity index (χ1) is 11.7. The van der Waals surface area contributed by atoms with Crippen molar-refractivity contribution in [2.45, 2.75) is 83.1 Å². The average molecular weight is 334 g/mol. The van der Waals surface area contributed by atoms with Gasteiger partial charge in [-0.2, -0.15) is 4.98 Å². The molecule has 3 rings (SSSR count). The summed E-state index contributed by atoms with van der Waals surface area (Å²) in [6.07, 6.45) is 8.99. The van der Waals surface area contributed by atoms with Gasteiger partial charge in [-0.25, -0.2) is 4.79 Å². The average Bonchev–Trinajstić information content (AvgIpc) is 3.12. The van der Waals surface area contributed by atoms with Crippen LogP contribution in [0.3, 0.4) is 0 Å². The second kappa shape index (κ2) is 7.99. The highest BCUT2D eigenvalue weighted by Gasteiger charge is 2.30. The molecule has 1 aromatic heterocycles. The molecule has 1 aromatic rings. The van der Waals surface area contributed by atoms with Gasteiger partial charge in [-0.05, 0) is 32.1 Å². The second-order valence-electron chi connectivity index (χ2n) is 7.37. The maximum atomic E-state index is 12.6. The molecule has 0 spiro atoms. The topological polar surface area (TPSA) is 71.3 Å². The van der Waals surface area contributed by atoms with Gasteiger partial charge in [0.2, 0.25) is 5.89 Å². The first-order valence-corrected chi connectivity index (χ1v) is 9.56. The maximum Gasteiger partial charge on any atom is 0.317 e. The summed E-state index contributed by atoms with van der Waals surface area (Å²) >= 11 is 0. The Balaban J connectivity index is 1.57. The van der Waals surface area contributed by atoms with Gasteiger partial charge in [0.15, 0.2) is 5.82 Å². The molecule has 0 aromatic carbocycles. The molecule has 2 atom stereocenters. The zero-order chi connectivity index (χ0) is 16.9. The van der Waals surface area contributed by atoms with Gasteiger partial charge in [0.05, 0.1) is 5.92 Å². The van der Waals surface area contributed by atoms with Crippen molar-refractivity contribution in [3.63, 3.8) is 0 Å². The van der Waals surface area contributed by atoms with Crippen LogP contribution in [-0.4, -0.2) is 40.2 Å². The molecule has 6 nitrogen and oxygen atoms in total. The molecule has 1 saturated carbocycles. The van der Waals surface area contributed by atoms with E-state index >= 15 is 0 Å². The number of nitrogens with one attached hydrogen (secondary N) is 1. The fraction of sp³-hybridized carbons (Fsp3) is 0.833. The van der Waals surface area contributed by atoms with Gasteiger partial charge >= 0.3 is 6.03 Å². The molecule has 2 unspecified atom stereocenters. The van der Waals surface area contributed by atoms with Crippen LogP contribution in [0, 0.1) is 0 Å². The Kier molecular flexibility index (Phi) is 5.74. The van der Waals surface area contributed by atoms with Crippen LogP contribution in [0.15, 0.2) is 4.52 Å². The minimum absolute atomic E-state index is 0.0771. The van der Waals surface area contributed by atoms with Crippen LogP contribution in [-0.2, 0) is 0 Å². The number of aromatic nitrogens is 2. The fourth-order valence-corrected chi connectivity index (χ4v) is 3.67. The molecule has 6 heteroatoms. The summed E-state index contributed by atoms with van der Waals surface area (Å²) in [6, 6.07) is 0.431. The Morgan fingerprint density at radius 1 is 1.29 bits per heavy atom. The quantitative estimate of drug-likeness (QED) is 0.909. The van der Waals surface area contributed by atoms with Crippen molar-refractivity contribution in [2.24, 2.45) is 0 Å². The fourth-order valence-electron chi connectivity index (χ4n) is 3.67. The third kappa shape index (κ3) is 4.08. The van der Waals surface area contributed by atoms with E-state index in [4.69, 9.17) is 4.52 Å². The van der Waals surface area contributed by atoms with Crippen molar-refractivity contribution >= 4 is 6.03 Å². The predicted octanol–water partition coefficient (Wildman–Crippen LogP) is 3.80. The van der Waals surface area contributed by atoms with E-state index in [0.717, 1.165) is 44.5 Å². The number of piperidine rings is 1. The molecule has 1 saturated heterocycles. The Morgan fingerprint density at radius 3 is 2.83 bits per heavy atom. The summed E-state index contributed by atoms with van der Waals surface area (Å²) in [6.45, 7) is 5.74. The van der Waals surface area contributed by atoms with E-state index in [9.17, 15) is 4.79 Å². The van der Waals surface area contributed by atoms with Crippen LogP contribution in [0.2, 0.25) is 0 Å². The SMILES string of the molecule is CCC(C)c1noc(C2CCCN(C(=O)NC3CCCCC3)C2)n1. The van der Waals surface area contributed by atoms with Gasteiger partial charge < -0.3 is 14.7 Å². The monoisotopic (exact) mass is 334 g/mol. The van der Waals surface area contributed by atoms with Gasteiger partial charge in [0.1, 0.15) is 0 Å². The van der Waals surface area contributed by atoms with E-state index in [1.54, 1.807) is 0 Å². The highest BCUT2D eigenvalue weighted by Crippen LogP contribution is 2.27. The van der Waals surface area contributed by atoms with Crippen LogP contribution >= 0.6 is 0 Å². The molecular weight excluding hydrogens is 304 g/mol. The number of amides is 2. The molecule has 1 aliphatic heterocycles. The lowest BCUT2D eigenvalue weighted by molar-refractivity contribution is 0.166. The maximum absolute atomic E-state index is 12.6. The van der Waals surface area contributed by atoms with E-state index in [0.29, 0.717) is 24.4 Å². The first-order valence-electron chi connectivity index (χ1n) is 9.56. The Hall–Kier alpha value is -1.59. The van der Waals surface area contributed by atoms with Gasteiger partial charge in [-0.1, -0.05) is 38.3 Å². The summed E-state index contributed by atoms with van der Waals surface area (Å²) in [5.74, 6) is 1.97. The zero-order valence-corrected chi connectivity index (χ0v) is 15.0. The first kappa shape index (κ1) is 17.2. The predicted molar refractivity (Wildman–Crippen MR) is 92.0 cm³/mol. The summed E-state index contributed by atoms with van der Waals surface area (Å²) in [5.41, 5.74) is 0. The third-order valence-corrected chi connectivity index (χ3v) is 5.50. The van der Waals surface area contributed by atoms with Crippen LogP contribution in [0.4, 0.5) is 4.79 Å². The highest BCUT2D eigenvalue weighted by atomic mass is 16.5. The molecule has 24 heavy (non-hydrogen) atoms. The number of likely N-dealkylation sites (tertiary alicyclic amines) is 1. The molecule has 1 aliphatic carbocycles. The Bertz CT molecular complexity index is 539. The lowest BCUT2D eigenvalue weighted by atomic mass is 9.95. The van der Waals surface area contributed by atoms with Crippen molar-refractivity contribution in [2.75, 3.05) is 13.1 Å². The smallest absolute Gasteiger partial charge is 0.317 e. The molecule has 0 bridgehead atoms. The van der Waals surface area contributed by atoms with Crippen molar-refractivity contribution in [3.8, 4) is 0 Å². The van der Waals surface area contributed by atoms with Crippen LogP contribution in [0.1, 0.15) is 88.8 Å². The minimum atomic E-state index is 0.0771. The van der Waals surface area contributed by atoms with Crippen molar-refractivity contribution < 1.29 is 9.32 Å². The second-order valence-corrected chi connectivity index (χ2v) is 7.37. The van der Waals surface area contributed by atoms with E-state index < -0.39 is 0 Å². The Labute approximate surface area is 144 Å². The third-order valence-electron chi connectivity index (χ3n) is 5.50. The van der Waals surface area contributed by atoms with Crippen LogP contribution in [0.5, 0.6) is 0 Å². The number of nitrogens with zero attached hydrogens (tertiary/aromatic N) is 3. The summed E-state index contributed by atoms with van der Waals surface area (Å²) < 4.78 is 5.49. The summed E-state index contributed by atoms with van der Waals surface area (Å²) in [5, 5.41) is 7.33. The molecule has 134 valence electrons. The van der Waals surface area contributed by atoms with Gasteiger partial charge in [0.25, 0.3) is 0 Å². The molecule has 0 radical (unpaired) electrons.